The van der Waals surface area contributed by atoms with E-state index in [2.05, 4.69) is 4.74 Å². The first-order valence-corrected chi connectivity index (χ1v) is 8.48. The van der Waals surface area contributed by atoms with E-state index in [0.717, 1.165) is 17.4 Å². The molecule has 2 aliphatic heterocycles. The second-order valence-electron chi connectivity index (χ2n) is 5.11. The van der Waals surface area contributed by atoms with E-state index >= 15 is 0 Å². The lowest BCUT2D eigenvalue weighted by molar-refractivity contribution is -0.143. The molecule has 0 atom stereocenters. The van der Waals surface area contributed by atoms with Crippen LogP contribution in [0.1, 0.15) is 12.5 Å². The van der Waals surface area contributed by atoms with Crippen LogP contribution in [0.15, 0.2) is 29.2 Å². The Morgan fingerprint density at radius 2 is 1.92 bits per heavy atom. The summed E-state index contributed by atoms with van der Waals surface area (Å²) < 4.78 is 4.83. The zero-order valence-electron chi connectivity index (χ0n) is 13.1. The van der Waals surface area contributed by atoms with Gasteiger partial charge in [0.15, 0.2) is 0 Å². The first kappa shape index (κ1) is 16.7. The van der Waals surface area contributed by atoms with Crippen LogP contribution in [0.25, 0.3) is 5.57 Å². The number of methoxy groups -OCH3 is 1. The predicted octanol–water partition coefficient (Wildman–Crippen LogP) is 1.80. The van der Waals surface area contributed by atoms with Crippen molar-refractivity contribution in [3.63, 3.8) is 0 Å². The summed E-state index contributed by atoms with van der Waals surface area (Å²) >= 11 is 6.24. The standard InChI is InChI=1S/C16H14N2O4S2/c1-3-17-10-7-5-4-6-9(10)12(14(17)20)13-15(21)18(16(23)24-13)8-11(19)22-2/h4-7H,3,8H2,1-2H3/b13-12-. The summed E-state index contributed by atoms with van der Waals surface area (Å²) in [6.45, 7) is 2.12. The third-order valence-corrected chi connectivity index (χ3v) is 5.28. The zero-order chi connectivity index (χ0) is 17.4. The molecule has 6 nitrogen and oxygen atoms in total. The molecular weight excluding hydrogens is 348 g/mol. The molecule has 0 saturated carbocycles. The lowest BCUT2D eigenvalue weighted by atomic mass is 10.1. The van der Waals surface area contributed by atoms with Crippen molar-refractivity contribution in [3.8, 4) is 0 Å². The van der Waals surface area contributed by atoms with Gasteiger partial charge in [0.05, 0.1) is 23.3 Å². The Kier molecular flexibility index (Phi) is 4.42. The molecule has 0 radical (unpaired) electrons. The van der Waals surface area contributed by atoms with Crippen LogP contribution in [-0.4, -0.2) is 47.2 Å². The van der Waals surface area contributed by atoms with Gasteiger partial charge in [0.1, 0.15) is 10.9 Å². The molecule has 24 heavy (non-hydrogen) atoms. The number of nitrogens with zero attached hydrogens (tertiary/aromatic N) is 2. The molecule has 1 saturated heterocycles. The van der Waals surface area contributed by atoms with Gasteiger partial charge in [-0.3, -0.25) is 19.3 Å². The van der Waals surface area contributed by atoms with Crippen LogP contribution in [0.5, 0.6) is 0 Å². The molecule has 124 valence electrons. The van der Waals surface area contributed by atoms with Crippen molar-refractivity contribution >= 4 is 57.3 Å². The molecule has 0 spiro atoms. The maximum atomic E-state index is 12.8. The number of esters is 1. The van der Waals surface area contributed by atoms with Crippen LogP contribution >= 0.6 is 24.0 Å². The largest absolute Gasteiger partial charge is 0.468 e. The summed E-state index contributed by atoms with van der Waals surface area (Å²) in [5.41, 5.74) is 1.83. The fourth-order valence-electron chi connectivity index (χ4n) is 2.69. The number of carbonyl (C=O) groups is 3. The summed E-state index contributed by atoms with van der Waals surface area (Å²) in [7, 11) is 1.24. The van der Waals surface area contributed by atoms with E-state index in [1.54, 1.807) is 4.90 Å². The second kappa shape index (κ2) is 6.37. The Bertz CT molecular complexity index is 803. The van der Waals surface area contributed by atoms with Crippen LogP contribution in [-0.2, 0) is 19.1 Å². The Hall–Kier alpha value is -2.19. The van der Waals surface area contributed by atoms with Gasteiger partial charge in [0.2, 0.25) is 0 Å². The van der Waals surface area contributed by atoms with Crippen LogP contribution < -0.4 is 4.90 Å². The highest BCUT2D eigenvalue weighted by atomic mass is 32.2. The number of anilines is 1. The molecule has 1 fully saturated rings. The number of rotatable bonds is 3. The first-order valence-electron chi connectivity index (χ1n) is 7.25. The minimum Gasteiger partial charge on any atom is -0.468 e. The molecular formula is C16H14N2O4S2. The zero-order valence-corrected chi connectivity index (χ0v) is 14.7. The molecule has 2 heterocycles. The Morgan fingerprint density at radius 3 is 2.58 bits per heavy atom. The van der Waals surface area contributed by atoms with Crippen LogP contribution in [0.3, 0.4) is 0 Å². The Morgan fingerprint density at radius 1 is 1.21 bits per heavy atom. The third-order valence-electron chi connectivity index (χ3n) is 3.83. The molecule has 3 rings (SSSR count). The number of thioether (sulfide) groups is 1. The van der Waals surface area contributed by atoms with Gasteiger partial charge in [-0.1, -0.05) is 42.2 Å². The number of amides is 2. The summed E-state index contributed by atoms with van der Waals surface area (Å²) in [6, 6.07) is 7.32. The monoisotopic (exact) mass is 362 g/mol. The van der Waals surface area contributed by atoms with E-state index in [1.165, 1.54) is 12.0 Å². The number of benzene rings is 1. The van der Waals surface area contributed by atoms with E-state index in [0.29, 0.717) is 17.7 Å². The molecule has 1 aromatic carbocycles. The van der Waals surface area contributed by atoms with Crippen molar-refractivity contribution < 1.29 is 19.1 Å². The van der Waals surface area contributed by atoms with Crippen molar-refractivity contribution in [3.05, 3.63) is 34.7 Å². The quantitative estimate of drug-likeness (QED) is 0.464. The number of ether oxygens (including phenoxy) is 1. The SMILES string of the molecule is CCN1C(=O)/C(=C2\SC(=S)N(CC(=O)OC)C2=O)c2ccccc21. The summed E-state index contributed by atoms with van der Waals surface area (Å²) in [4.78, 5) is 40.0. The normalized spacial score (nSPS) is 20.0. The fraction of sp³-hybridized carbons (Fsp3) is 0.250. The van der Waals surface area contributed by atoms with Crippen molar-refractivity contribution in [2.24, 2.45) is 0 Å². The van der Waals surface area contributed by atoms with Crippen LogP contribution in [0.2, 0.25) is 0 Å². The van der Waals surface area contributed by atoms with Gasteiger partial charge < -0.3 is 9.64 Å². The number of likely N-dealkylation sites (N-methyl/N-ethyl adjacent to an activating group) is 1. The fourth-order valence-corrected chi connectivity index (χ4v) is 4.02. The number of para-hydroxylation sites is 1. The van der Waals surface area contributed by atoms with Crippen LogP contribution in [0, 0.1) is 0 Å². The second-order valence-corrected chi connectivity index (χ2v) is 6.75. The molecule has 8 heteroatoms. The summed E-state index contributed by atoms with van der Waals surface area (Å²) in [5, 5.41) is 0. The van der Waals surface area contributed by atoms with Crippen LogP contribution in [0.4, 0.5) is 5.69 Å². The maximum Gasteiger partial charge on any atom is 0.325 e. The van der Waals surface area contributed by atoms with E-state index in [-0.39, 0.29) is 21.7 Å². The highest BCUT2D eigenvalue weighted by molar-refractivity contribution is 8.26. The molecule has 2 amide bonds. The highest BCUT2D eigenvalue weighted by Gasteiger charge is 2.42. The van der Waals surface area contributed by atoms with Gasteiger partial charge in [0, 0.05) is 12.1 Å². The van der Waals surface area contributed by atoms with Crippen molar-refractivity contribution in [1.82, 2.24) is 4.90 Å². The molecule has 0 aromatic heterocycles. The molecule has 0 aliphatic carbocycles. The third kappa shape index (κ3) is 2.51. The number of hydrogen-bond donors (Lipinski definition) is 0. The van der Waals surface area contributed by atoms with Crippen molar-refractivity contribution in [1.29, 1.82) is 0 Å². The minimum absolute atomic E-state index is 0.225. The van der Waals surface area contributed by atoms with Gasteiger partial charge >= 0.3 is 5.97 Å². The lowest BCUT2D eigenvalue weighted by Crippen LogP contribution is -2.34. The van der Waals surface area contributed by atoms with Gasteiger partial charge in [-0.15, -0.1) is 0 Å². The van der Waals surface area contributed by atoms with Gasteiger partial charge in [-0.05, 0) is 13.0 Å². The van der Waals surface area contributed by atoms with E-state index in [4.69, 9.17) is 12.2 Å². The average Bonchev–Trinajstić information content (AvgIpc) is 3.01. The predicted molar refractivity (Wildman–Crippen MR) is 95.3 cm³/mol. The number of fused-ring (bicyclic) bond motifs is 1. The number of carbonyl (C=O) groups excluding carboxylic acids is 3. The van der Waals surface area contributed by atoms with E-state index in [1.807, 2.05) is 31.2 Å². The number of hydrogen-bond acceptors (Lipinski definition) is 6. The first-order chi connectivity index (χ1) is 11.5. The lowest BCUT2D eigenvalue weighted by Gasteiger charge is -2.13. The highest BCUT2D eigenvalue weighted by Crippen LogP contribution is 2.44. The molecule has 2 aliphatic rings. The number of thiocarbonyl (C=S) groups is 1. The van der Waals surface area contributed by atoms with Gasteiger partial charge in [0.25, 0.3) is 11.8 Å². The Labute approximate surface area is 148 Å². The molecule has 0 unspecified atom stereocenters. The average molecular weight is 362 g/mol. The van der Waals surface area contributed by atoms with E-state index < -0.39 is 11.9 Å². The Balaban J connectivity index is 2.07. The molecule has 0 bridgehead atoms. The summed E-state index contributed by atoms with van der Waals surface area (Å²) in [5.74, 6) is -1.23. The molecule has 1 aromatic rings. The van der Waals surface area contributed by atoms with E-state index in [9.17, 15) is 14.4 Å². The smallest absolute Gasteiger partial charge is 0.325 e. The minimum atomic E-state index is -0.564. The van der Waals surface area contributed by atoms with Crippen molar-refractivity contribution in [2.75, 3.05) is 25.1 Å². The maximum absolute atomic E-state index is 12.8. The van der Waals surface area contributed by atoms with Crippen molar-refractivity contribution in [2.45, 2.75) is 6.92 Å². The summed E-state index contributed by atoms with van der Waals surface area (Å²) in [6.07, 6.45) is 0. The van der Waals surface area contributed by atoms with Gasteiger partial charge in [-0.25, -0.2) is 0 Å². The topological polar surface area (TPSA) is 66.9 Å². The molecule has 0 N–H and O–H groups in total. The van der Waals surface area contributed by atoms with Gasteiger partial charge in [-0.2, -0.15) is 0 Å².